The number of nitrogens with two attached hydrogens (primary N) is 1. The number of likely N-dealkylation sites (N-methyl/N-ethyl adjacent to an activating group) is 1. The van der Waals surface area contributed by atoms with Crippen LogP contribution in [0.5, 0.6) is 0 Å². The lowest BCUT2D eigenvalue weighted by atomic mass is 10.2. The highest BCUT2D eigenvalue weighted by Crippen LogP contribution is 1.96. The molecule has 12 heavy (non-hydrogen) atoms. The maximum absolute atomic E-state index is 8.96. The molecule has 0 saturated heterocycles. The van der Waals surface area contributed by atoms with Crippen LogP contribution in [0.2, 0.25) is 0 Å². The predicted octanol–water partition coefficient (Wildman–Crippen LogP) is -0.726. The maximum atomic E-state index is 8.96. The number of nitrogens with zero attached hydrogens (tertiary/aromatic N) is 1. The van der Waals surface area contributed by atoms with Gasteiger partial charge in [0.15, 0.2) is 0 Å². The Morgan fingerprint density at radius 1 is 1.58 bits per heavy atom. The smallest absolute Gasteiger partial charge is 0.0599 e. The van der Waals surface area contributed by atoms with Crippen LogP contribution in [0.25, 0.3) is 0 Å². The van der Waals surface area contributed by atoms with Crippen molar-refractivity contribution in [3.8, 4) is 0 Å². The Morgan fingerprint density at radius 2 is 2.25 bits per heavy atom. The average molecular weight is 176 g/mol. The van der Waals surface area contributed by atoms with Crippen molar-refractivity contribution in [2.75, 3.05) is 40.0 Å². The first kappa shape index (κ1) is 11.8. The Kier molecular flexibility index (Phi) is 7.39. The van der Waals surface area contributed by atoms with Crippen LogP contribution in [-0.2, 0) is 4.74 Å². The van der Waals surface area contributed by atoms with Gasteiger partial charge in [-0.05, 0) is 6.54 Å². The van der Waals surface area contributed by atoms with Gasteiger partial charge in [-0.2, -0.15) is 0 Å². The van der Waals surface area contributed by atoms with E-state index < -0.39 is 0 Å². The fourth-order valence-electron chi connectivity index (χ4n) is 1.15. The van der Waals surface area contributed by atoms with Gasteiger partial charge in [0.05, 0.1) is 13.2 Å². The van der Waals surface area contributed by atoms with E-state index in [2.05, 4.69) is 4.90 Å². The van der Waals surface area contributed by atoms with E-state index in [0.29, 0.717) is 13.2 Å². The van der Waals surface area contributed by atoms with Crippen LogP contribution in [-0.4, -0.2) is 56.0 Å². The first-order chi connectivity index (χ1) is 5.79. The molecule has 0 aromatic heterocycles. The SMILES string of the molecule is CCN(CCOC)C(CN)CO. The van der Waals surface area contributed by atoms with Gasteiger partial charge in [-0.3, -0.25) is 4.90 Å². The topological polar surface area (TPSA) is 58.7 Å². The number of ether oxygens (including phenoxy) is 1. The van der Waals surface area contributed by atoms with Crippen LogP contribution < -0.4 is 5.73 Å². The molecule has 0 aliphatic rings. The van der Waals surface area contributed by atoms with Crippen LogP contribution in [0.4, 0.5) is 0 Å². The highest BCUT2D eigenvalue weighted by Gasteiger charge is 2.13. The van der Waals surface area contributed by atoms with Crippen LogP contribution in [0.1, 0.15) is 6.92 Å². The molecule has 0 amide bonds. The Morgan fingerprint density at radius 3 is 2.58 bits per heavy atom. The normalized spacial score (nSPS) is 13.8. The Balaban J connectivity index is 3.75. The van der Waals surface area contributed by atoms with E-state index in [0.717, 1.165) is 13.1 Å². The van der Waals surface area contributed by atoms with Gasteiger partial charge in [0.2, 0.25) is 0 Å². The van der Waals surface area contributed by atoms with Gasteiger partial charge in [-0.15, -0.1) is 0 Å². The third kappa shape index (κ3) is 4.01. The second-order valence-electron chi connectivity index (χ2n) is 2.69. The van der Waals surface area contributed by atoms with Gasteiger partial charge < -0.3 is 15.6 Å². The van der Waals surface area contributed by atoms with Crippen molar-refractivity contribution in [3.05, 3.63) is 0 Å². The van der Waals surface area contributed by atoms with Crippen molar-refractivity contribution in [2.24, 2.45) is 5.73 Å². The molecule has 3 N–H and O–H groups in total. The summed E-state index contributed by atoms with van der Waals surface area (Å²) in [5.74, 6) is 0. The molecule has 0 rings (SSSR count). The summed E-state index contributed by atoms with van der Waals surface area (Å²) in [6.45, 7) is 5.07. The Hall–Kier alpha value is -0.160. The first-order valence-electron chi connectivity index (χ1n) is 4.34. The monoisotopic (exact) mass is 176 g/mol. The van der Waals surface area contributed by atoms with Crippen LogP contribution >= 0.6 is 0 Å². The molecule has 74 valence electrons. The van der Waals surface area contributed by atoms with Gasteiger partial charge in [-0.25, -0.2) is 0 Å². The lowest BCUT2D eigenvalue weighted by molar-refractivity contribution is 0.0942. The third-order valence-corrected chi connectivity index (χ3v) is 1.99. The number of rotatable bonds is 7. The molecule has 0 aromatic carbocycles. The lowest BCUT2D eigenvalue weighted by Gasteiger charge is -2.27. The zero-order valence-corrected chi connectivity index (χ0v) is 7.99. The summed E-state index contributed by atoms with van der Waals surface area (Å²) in [7, 11) is 1.67. The summed E-state index contributed by atoms with van der Waals surface area (Å²) in [5, 5.41) is 8.96. The van der Waals surface area contributed by atoms with E-state index in [-0.39, 0.29) is 12.6 Å². The number of methoxy groups -OCH3 is 1. The van der Waals surface area contributed by atoms with E-state index in [4.69, 9.17) is 15.6 Å². The quantitative estimate of drug-likeness (QED) is 0.537. The van der Waals surface area contributed by atoms with Crippen LogP contribution in [0, 0.1) is 0 Å². The van der Waals surface area contributed by atoms with Gasteiger partial charge in [0.1, 0.15) is 0 Å². The van der Waals surface area contributed by atoms with Crippen molar-refractivity contribution in [1.82, 2.24) is 4.90 Å². The minimum Gasteiger partial charge on any atom is -0.395 e. The van der Waals surface area contributed by atoms with Crippen molar-refractivity contribution < 1.29 is 9.84 Å². The molecule has 0 aliphatic heterocycles. The molecule has 4 nitrogen and oxygen atoms in total. The molecule has 0 aromatic rings. The maximum Gasteiger partial charge on any atom is 0.0599 e. The molecular formula is C8H20N2O2. The van der Waals surface area contributed by atoms with Gasteiger partial charge >= 0.3 is 0 Å². The Bertz CT molecular complexity index is 97.1. The molecule has 0 saturated carbocycles. The van der Waals surface area contributed by atoms with Gasteiger partial charge in [0, 0.05) is 26.2 Å². The summed E-state index contributed by atoms with van der Waals surface area (Å²) in [6.07, 6.45) is 0. The largest absolute Gasteiger partial charge is 0.395 e. The van der Waals surface area contributed by atoms with Crippen molar-refractivity contribution >= 4 is 0 Å². The van der Waals surface area contributed by atoms with Crippen molar-refractivity contribution in [2.45, 2.75) is 13.0 Å². The summed E-state index contributed by atoms with van der Waals surface area (Å²) in [4.78, 5) is 2.11. The van der Waals surface area contributed by atoms with E-state index >= 15 is 0 Å². The third-order valence-electron chi connectivity index (χ3n) is 1.99. The molecule has 1 atom stereocenters. The fourth-order valence-corrected chi connectivity index (χ4v) is 1.15. The fraction of sp³-hybridized carbons (Fsp3) is 1.00. The van der Waals surface area contributed by atoms with E-state index in [9.17, 15) is 0 Å². The van der Waals surface area contributed by atoms with Crippen molar-refractivity contribution in [1.29, 1.82) is 0 Å². The molecule has 0 aliphatic carbocycles. The molecular weight excluding hydrogens is 156 g/mol. The summed E-state index contributed by atoms with van der Waals surface area (Å²) in [5.41, 5.74) is 5.49. The molecule has 0 heterocycles. The number of aliphatic hydroxyl groups is 1. The van der Waals surface area contributed by atoms with Crippen LogP contribution in [0.3, 0.4) is 0 Å². The summed E-state index contributed by atoms with van der Waals surface area (Å²) in [6, 6.07) is 0.0742. The molecule has 0 spiro atoms. The van der Waals surface area contributed by atoms with Crippen LogP contribution in [0.15, 0.2) is 0 Å². The lowest BCUT2D eigenvalue weighted by Crippen LogP contribution is -2.44. The van der Waals surface area contributed by atoms with E-state index in [1.807, 2.05) is 6.92 Å². The highest BCUT2D eigenvalue weighted by atomic mass is 16.5. The van der Waals surface area contributed by atoms with Crippen molar-refractivity contribution in [3.63, 3.8) is 0 Å². The summed E-state index contributed by atoms with van der Waals surface area (Å²) < 4.78 is 4.95. The average Bonchev–Trinajstić information content (AvgIpc) is 2.12. The molecule has 0 fully saturated rings. The zero-order chi connectivity index (χ0) is 9.40. The van der Waals surface area contributed by atoms with Gasteiger partial charge in [0.25, 0.3) is 0 Å². The first-order valence-corrected chi connectivity index (χ1v) is 4.34. The number of hydrogen-bond acceptors (Lipinski definition) is 4. The molecule has 0 radical (unpaired) electrons. The Labute approximate surface area is 74.3 Å². The standard InChI is InChI=1S/C8H20N2O2/c1-3-10(4-5-12-2)8(6-9)7-11/h8,11H,3-7,9H2,1-2H3. The second-order valence-corrected chi connectivity index (χ2v) is 2.69. The summed E-state index contributed by atoms with van der Waals surface area (Å²) >= 11 is 0. The molecule has 4 heteroatoms. The highest BCUT2D eigenvalue weighted by molar-refractivity contribution is 4.69. The molecule has 1 unspecified atom stereocenters. The number of hydrogen-bond donors (Lipinski definition) is 2. The minimum atomic E-state index is 0.0742. The predicted molar refractivity (Wildman–Crippen MR) is 49.1 cm³/mol. The molecule has 0 bridgehead atoms. The number of aliphatic hydroxyl groups excluding tert-OH is 1. The second kappa shape index (κ2) is 7.49. The van der Waals surface area contributed by atoms with E-state index in [1.54, 1.807) is 7.11 Å². The minimum absolute atomic E-state index is 0.0742. The zero-order valence-electron chi connectivity index (χ0n) is 7.99. The van der Waals surface area contributed by atoms with Gasteiger partial charge in [-0.1, -0.05) is 6.92 Å². The van der Waals surface area contributed by atoms with E-state index in [1.165, 1.54) is 0 Å².